The average molecular weight is 221 g/mol. The molecule has 6 heteroatoms. The van der Waals surface area contributed by atoms with E-state index in [1.807, 2.05) is 13.0 Å². The summed E-state index contributed by atoms with van der Waals surface area (Å²) < 4.78 is 11.4. The van der Waals surface area contributed by atoms with Crippen LogP contribution in [0.4, 0.5) is 0 Å². The maximum absolute atomic E-state index is 10.9. The summed E-state index contributed by atoms with van der Waals surface area (Å²) in [7, 11) is 1.31. The molecule has 0 aliphatic carbocycles. The van der Waals surface area contributed by atoms with Gasteiger partial charge in [-0.3, -0.25) is 0 Å². The molecule has 0 amide bonds. The van der Waals surface area contributed by atoms with Crippen LogP contribution in [0.2, 0.25) is 0 Å². The highest BCUT2D eigenvalue weighted by molar-refractivity contribution is 5.71. The molecule has 0 spiro atoms. The predicted molar refractivity (Wildman–Crippen MR) is 55.2 cm³/mol. The quantitative estimate of drug-likeness (QED) is 0.710. The van der Waals surface area contributed by atoms with E-state index < -0.39 is 5.97 Å². The van der Waals surface area contributed by atoms with E-state index in [9.17, 15) is 4.79 Å². The van der Waals surface area contributed by atoms with Gasteiger partial charge in [-0.25, -0.2) is 14.3 Å². The van der Waals surface area contributed by atoms with Gasteiger partial charge in [0, 0.05) is 12.4 Å². The largest absolute Gasteiger partial charge is 0.466 e. The number of ether oxygens (including phenoxy) is 2. The van der Waals surface area contributed by atoms with Gasteiger partial charge in [0.05, 0.1) is 12.8 Å². The molecule has 0 saturated heterocycles. The van der Waals surface area contributed by atoms with E-state index in [4.69, 9.17) is 4.74 Å². The molecule has 0 aromatic carbocycles. The second-order valence-electron chi connectivity index (χ2n) is 3.21. The van der Waals surface area contributed by atoms with Gasteiger partial charge in [0.15, 0.2) is 6.61 Å². The standard InChI is InChI=1S/C10H11N3O3/c1-7-5-8-10(16-6-9(14)15-2)11-3-4-13(8)12-7/h3-5H,6H2,1-2H3. The van der Waals surface area contributed by atoms with Crippen molar-refractivity contribution in [3.05, 3.63) is 24.2 Å². The minimum atomic E-state index is -0.444. The number of rotatable bonds is 3. The Bertz CT molecular complexity index is 521. The third-order valence-electron chi connectivity index (χ3n) is 2.03. The van der Waals surface area contributed by atoms with E-state index in [1.165, 1.54) is 7.11 Å². The monoisotopic (exact) mass is 221 g/mol. The van der Waals surface area contributed by atoms with Gasteiger partial charge in [-0.2, -0.15) is 5.10 Å². The normalized spacial score (nSPS) is 10.4. The summed E-state index contributed by atoms with van der Waals surface area (Å²) >= 11 is 0. The Morgan fingerprint density at radius 3 is 3.12 bits per heavy atom. The Labute approximate surface area is 91.8 Å². The minimum Gasteiger partial charge on any atom is -0.466 e. The first kappa shape index (κ1) is 10.4. The molecule has 0 unspecified atom stereocenters. The molecular formula is C10H11N3O3. The van der Waals surface area contributed by atoms with Crippen LogP contribution in [0.25, 0.3) is 5.52 Å². The zero-order valence-electron chi connectivity index (χ0n) is 9.01. The van der Waals surface area contributed by atoms with Gasteiger partial charge in [0.25, 0.3) is 0 Å². The molecule has 2 aromatic heterocycles. The van der Waals surface area contributed by atoms with Crippen molar-refractivity contribution in [1.29, 1.82) is 0 Å². The summed E-state index contributed by atoms with van der Waals surface area (Å²) in [6.45, 7) is 1.71. The fourth-order valence-corrected chi connectivity index (χ4v) is 1.32. The maximum atomic E-state index is 10.9. The van der Waals surface area contributed by atoms with Gasteiger partial charge in [-0.15, -0.1) is 0 Å². The van der Waals surface area contributed by atoms with Crippen molar-refractivity contribution in [1.82, 2.24) is 14.6 Å². The first-order valence-corrected chi connectivity index (χ1v) is 4.71. The van der Waals surface area contributed by atoms with Gasteiger partial charge in [-0.1, -0.05) is 0 Å². The van der Waals surface area contributed by atoms with Crippen LogP contribution in [0.15, 0.2) is 18.5 Å². The molecule has 0 fully saturated rings. The first-order chi connectivity index (χ1) is 7.70. The van der Waals surface area contributed by atoms with Crippen molar-refractivity contribution in [2.45, 2.75) is 6.92 Å². The molecule has 0 saturated carbocycles. The predicted octanol–water partition coefficient (Wildman–Crippen LogP) is 0.590. The summed E-state index contributed by atoms with van der Waals surface area (Å²) in [5, 5.41) is 4.20. The summed E-state index contributed by atoms with van der Waals surface area (Å²) in [4.78, 5) is 15.0. The first-order valence-electron chi connectivity index (χ1n) is 4.71. The number of methoxy groups -OCH3 is 1. The highest BCUT2D eigenvalue weighted by Gasteiger charge is 2.08. The lowest BCUT2D eigenvalue weighted by Gasteiger charge is -2.04. The number of esters is 1. The minimum absolute atomic E-state index is 0.159. The van der Waals surface area contributed by atoms with Crippen LogP contribution >= 0.6 is 0 Å². The topological polar surface area (TPSA) is 65.7 Å². The van der Waals surface area contributed by atoms with Gasteiger partial charge in [-0.05, 0) is 13.0 Å². The molecule has 2 rings (SSSR count). The number of fused-ring (bicyclic) bond motifs is 1. The summed E-state index contributed by atoms with van der Waals surface area (Å²) in [5.41, 5.74) is 1.58. The molecule has 16 heavy (non-hydrogen) atoms. The van der Waals surface area contributed by atoms with Crippen LogP contribution in [0.1, 0.15) is 5.69 Å². The smallest absolute Gasteiger partial charge is 0.343 e. The summed E-state index contributed by atoms with van der Waals surface area (Å²) in [5.74, 6) is -0.0754. The lowest BCUT2D eigenvalue weighted by Crippen LogP contribution is -2.13. The molecule has 0 radical (unpaired) electrons. The zero-order chi connectivity index (χ0) is 11.5. The van der Waals surface area contributed by atoms with Gasteiger partial charge in [0.1, 0.15) is 5.52 Å². The average Bonchev–Trinajstić information content (AvgIpc) is 2.66. The van der Waals surface area contributed by atoms with Crippen LogP contribution < -0.4 is 4.74 Å². The molecule has 0 aliphatic rings. The number of hydrogen-bond acceptors (Lipinski definition) is 5. The van der Waals surface area contributed by atoms with Crippen LogP contribution in [0.5, 0.6) is 5.88 Å². The molecule has 0 bridgehead atoms. The van der Waals surface area contributed by atoms with Crippen LogP contribution in [-0.2, 0) is 9.53 Å². The van der Waals surface area contributed by atoms with E-state index in [-0.39, 0.29) is 6.61 Å². The number of aromatic nitrogens is 3. The lowest BCUT2D eigenvalue weighted by atomic mass is 10.4. The van der Waals surface area contributed by atoms with E-state index in [1.54, 1.807) is 16.9 Å². The zero-order valence-corrected chi connectivity index (χ0v) is 9.01. The molecule has 2 aromatic rings. The van der Waals surface area contributed by atoms with E-state index in [2.05, 4.69) is 14.8 Å². The summed E-state index contributed by atoms with van der Waals surface area (Å²) in [6, 6.07) is 1.83. The van der Waals surface area contributed by atoms with Crippen molar-refractivity contribution in [2.75, 3.05) is 13.7 Å². The van der Waals surface area contributed by atoms with E-state index >= 15 is 0 Å². The molecule has 6 nitrogen and oxygen atoms in total. The second-order valence-corrected chi connectivity index (χ2v) is 3.21. The number of nitrogens with zero attached hydrogens (tertiary/aromatic N) is 3. The molecule has 2 heterocycles. The van der Waals surface area contributed by atoms with E-state index in [0.717, 1.165) is 11.2 Å². The van der Waals surface area contributed by atoms with Gasteiger partial charge in [0.2, 0.25) is 5.88 Å². The third-order valence-corrected chi connectivity index (χ3v) is 2.03. The molecule has 0 atom stereocenters. The van der Waals surface area contributed by atoms with Crippen LogP contribution in [0.3, 0.4) is 0 Å². The van der Waals surface area contributed by atoms with Crippen molar-refractivity contribution in [3.63, 3.8) is 0 Å². The third kappa shape index (κ3) is 1.95. The van der Waals surface area contributed by atoms with Crippen LogP contribution in [-0.4, -0.2) is 34.3 Å². The Hall–Kier alpha value is -2.11. The number of aryl methyl sites for hydroxylation is 1. The highest BCUT2D eigenvalue weighted by atomic mass is 16.6. The Morgan fingerprint density at radius 2 is 2.38 bits per heavy atom. The number of carbonyl (C=O) groups is 1. The fraction of sp³-hybridized carbons (Fsp3) is 0.300. The number of hydrogen-bond donors (Lipinski definition) is 0. The van der Waals surface area contributed by atoms with Crippen molar-refractivity contribution >= 4 is 11.5 Å². The molecule has 0 aliphatic heterocycles. The van der Waals surface area contributed by atoms with Crippen LogP contribution in [0, 0.1) is 6.92 Å². The second kappa shape index (κ2) is 4.18. The maximum Gasteiger partial charge on any atom is 0.343 e. The summed E-state index contributed by atoms with van der Waals surface area (Å²) in [6.07, 6.45) is 3.28. The molecule has 84 valence electrons. The van der Waals surface area contributed by atoms with Gasteiger partial charge < -0.3 is 9.47 Å². The number of carbonyl (C=O) groups excluding carboxylic acids is 1. The molecular weight excluding hydrogens is 210 g/mol. The SMILES string of the molecule is COC(=O)COc1nccn2nc(C)cc12. The van der Waals surface area contributed by atoms with Gasteiger partial charge >= 0.3 is 5.97 Å². The molecule has 0 N–H and O–H groups in total. The van der Waals surface area contributed by atoms with Crippen molar-refractivity contribution in [3.8, 4) is 5.88 Å². The van der Waals surface area contributed by atoms with E-state index in [0.29, 0.717) is 5.88 Å². The van der Waals surface area contributed by atoms with Crippen molar-refractivity contribution in [2.24, 2.45) is 0 Å². The highest BCUT2D eigenvalue weighted by Crippen LogP contribution is 2.16. The lowest BCUT2D eigenvalue weighted by molar-refractivity contribution is -0.142. The Morgan fingerprint density at radius 1 is 1.56 bits per heavy atom. The Kier molecular flexibility index (Phi) is 2.72. The Balaban J connectivity index is 2.26. The fourth-order valence-electron chi connectivity index (χ4n) is 1.32. The van der Waals surface area contributed by atoms with Crippen molar-refractivity contribution < 1.29 is 14.3 Å².